The topological polar surface area (TPSA) is 103 Å². The summed E-state index contributed by atoms with van der Waals surface area (Å²) in [7, 11) is 0. The van der Waals surface area contributed by atoms with Crippen LogP contribution >= 0.6 is 23.5 Å². The molecule has 9 nitrogen and oxygen atoms in total. The fourth-order valence-electron chi connectivity index (χ4n) is 7.64. The van der Waals surface area contributed by atoms with Gasteiger partial charge in [-0.2, -0.15) is 5.43 Å². The number of ether oxygens (including phenoxy) is 1. The Hall–Kier alpha value is -2.37. The van der Waals surface area contributed by atoms with Gasteiger partial charge >= 0.3 is 0 Å². The number of nitrogens with zero attached hydrogens (tertiary/aromatic N) is 3. The number of amides is 1. The average molecular weight is 624 g/mol. The molecule has 3 saturated carbocycles. The lowest BCUT2D eigenvalue weighted by Gasteiger charge is -2.19. The van der Waals surface area contributed by atoms with Gasteiger partial charge in [0.25, 0.3) is 5.91 Å². The van der Waals surface area contributed by atoms with Crippen LogP contribution in [0.15, 0.2) is 47.6 Å². The number of halogens is 1. The Bertz CT molecular complexity index is 1360. The van der Waals surface area contributed by atoms with Gasteiger partial charge in [-0.05, 0) is 130 Å². The van der Waals surface area contributed by atoms with Crippen molar-refractivity contribution < 1.29 is 9.53 Å². The maximum absolute atomic E-state index is 12.8. The number of hydrazine groups is 1. The first-order valence-corrected chi connectivity index (χ1v) is 16.9. The van der Waals surface area contributed by atoms with Crippen LogP contribution in [0.2, 0.25) is 5.15 Å². The van der Waals surface area contributed by atoms with Crippen LogP contribution in [-0.2, 0) is 4.74 Å². The number of hydrogen-bond acceptors (Lipinski definition) is 9. The normalized spacial score (nSPS) is 25.4. The summed E-state index contributed by atoms with van der Waals surface area (Å²) in [6.07, 6.45) is 15.9. The average Bonchev–Trinajstić information content (AvgIpc) is 3.94. The van der Waals surface area contributed by atoms with Crippen molar-refractivity contribution in [1.29, 1.82) is 0 Å². The third-order valence-corrected chi connectivity index (χ3v) is 11.3. The molecule has 4 heterocycles. The molecule has 0 radical (unpaired) electrons. The van der Waals surface area contributed by atoms with E-state index in [1.165, 1.54) is 56.9 Å². The highest BCUT2D eigenvalue weighted by atomic mass is 35.5. The summed E-state index contributed by atoms with van der Waals surface area (Å²) in [6, 6.07) is 7.35. The molecule has 2 aliphatic heterocycles. The Balaban J connectivity index is 0.815. The quantitative estimate of drug-likeness (QED) is 0.123. The highest BCUT2D eigenvalue weighted by Crippen LogP contribution is 2.92. The van der Waals surface area contributed by atoms with Gasteiger partial charge in [0.05, 0.1) is 12.2 Å². The van der Waals surface area contributed by atoms with E-state index in [1.54, 1.807) is 23.3 Å². The highest BCUT2D eigenvalue weighted by Gasteiger charge is 2.86. The lowest BCUT2D eigenvalue weighted by Crippen LogP contribution is -2.37. The van der Waals surface area contributed by atoms with E-state index in [0.717, 1.165) is 48.7 Å². The SMILES string of the molecule is CC1(C)CC(CCCCNc2ccc(SNC(=O)c3ccc(N4C=CC(OCC5C6(CC6)C56CC6)N4)nc3Cl)cn2)CN1. The molecule has 0 aromatic carbocycles. The van der Waals surface area contributed by atoms with Crippen molar-refractivity contribution in [3.8, 4) is 0 Å². The molecule has 2 unspecified atom stereocenters. The van der Waals surface area contributed by atoms with E-state index in [9.17, 15) is 4.79 Å². The fourth-order valence-corrected chi connectivity index (χ4v) is 8.44. The minimum atomic E-state index is -0.310. The summed E-state index contributed by atoms with van der Waals surface area (Å²) >= 11 is 7.64. The number of aromatic nitrogens is 2. The minimum Gasteiger partial charge on any atom is -0.370 e. The third kappa shape index (κ3) is 6.14. The van der Waals surface area contributed by atoms with Crippen molar-refractivity contribution in [2.24, 2.45) is 22.7 Å². The van der Waals surface area contributed by atoms with Crippen LogP contribution in [0.25, 0.3) is 0 Å². The zero-order valence-corrected chi connectivity index (χ0v) is 26.6. The second-order valence-corrected chi connectivity index (χ2v) is 14.9. The Kier molecular flexibility index (Phi) is 7.87. The van der Waals surface area contributed by atoms with E-state index in [2.05, 4.69) is 44.6 Å². The summed E-state index contributed by atoms with van der Waals surface area (Å²) in [4.78, 5) is 22.6. The van der Waals surface area contributed by atoms with E-state index in [4.69, 9.17) is 16.3 Å². The van der Waals surface area contributed by atoms with E-state index >= 15 is 0 Å². The molecule has 2 aromatic rings. The van der Waals surface area contributed by atoms with Gasteiger partial charge in [0.2, 0.25) is 0 Å². The van der Waals surface area contributed by atoms with Gasteiger partial charge in [-0.1, -0.05) is 18.0 Å². The Morgan fingerprint density at radius 1 is 1.16 bits per heavy atom. The standard InChI is InChI=1S/C32H42ClN7O2S/c1-30(2)17-21(18-36-30)5-3-4-15-34-25-8-6-22(19-35-25)43-39-29(41)23-7-9-26(37-28(23)33)40-16-10-27(38-40)42-20-24-31(11-12-31)32(24)13-14-32/h6-10,16,19,21,24,27,36,38H,3-5,11-15,17-18,20H2,1-2H3,(H,34,35)(H,39,41). The molecule has 4 N–H and O–H groups in total. The molecular formula is C32H42ClN7O2S. The first-order valence-electron chi connectivity index (χ1n) is 15.7. The van der Waals surface area contributed by atoms with Gasteiger partial charge < -0.3 is 15.4 Å². The molecule has 1 saturated heterocycles. The second-order valence-electron chi connectivity index (χ2n) is 13.6. The molecule has 11 heteroatoms. The lowest BCUT2D eigenvalue weighted by atomic mass is 9.93. The molecule has 2 atom stereocenters. The number of rotatable bonds is 13. The number of nitrogens with one attached hydrogen (secondary N) is 4. The minimum absolute atomic E-state index is 0.144. The third-order valence-electron chi connectivity index (χ3n) is 10.3. The maximum Gasteiger partial charge on any atom is 0.264 e. The lowest BCUT2D eigenvalue weighted by molar-refractivity contribution is 0.0550. The molecule has 1 amide bonds. The molecular weight excluding hydrogens is 582 g/mol. The monoisotopic (exact) mass is 623 g/mol. The molecule has 4 fully saturated rings. The number of hydrogen-bond donors (Lipinski definition) is 4. The summed E-state index contributed by atoms with van der Waals surface area (Å²) in [6.45, 7) is 7.42. The van der Waals surface area contributed by atoms with Gasteiger partial charge in [0, 0.05) is 29.4 Å². The van der Waals surface area contributed by atoms with Crippen LogP contribution in [0, 0.1) is 22.7 Å². The molecule has 43 heavy (non-hydrogen) atoms. The van der Waals surface area contributed by atoms with Gasteiger partial charge in [-0.25, -0.2) is 9.97 Å². The van der Waals surface area contributed by atoms with Crippen LogP contribution in [0.5, 0.6) is 0 Å². The van der Waals surface area contributed by atoms with Crippen molar-refractivity contribution in [1.82, 2.24) is 25.4 Å². The number of carbonyl (C=O) groups excluding carboxylic acids is 1. The molecule has 230 valence electrons. The number of unbranched alkanes of at least 4 members (excludes halogenated alkanes) is 1. The van der Waals surface area contributed by atoms with Crippen molar-refractivity contribution >= 4 is 41.1 Å². The Morgan fingerprint density at radius 2 is 1.98 bits per heavy atom. The number of carbonyl (C=O) groups is 1. The summed E-state index contributed by atoms with van der Waals surface area (Å²) in [5.74, 6) is 2.66. The predicted molar refractivity (Wildman–Crippen MR) is 171 cm³/mol. The van der Waals surface area contributed by atoms with Crippen LogP contribution < -0.4 is 25.8 Å². The predicted octanol–water partition coefficient (Wildman–Crippen LogP) is 5.91. The van der Waals surface area contributed by atoms with Crippen LogP contribution in [0.3, 0.4) is 0 Å². The van der Waals surface area contributed by atoms with Crippen molar-refractivity contribution in [3.63, 3.8) is 0 Å². The van der Waals surface area contributed by atoms with Gasteiger partial charge in [0.1, 0.15) is 23.0 Å². The van der Waals surface area contributed by atoms with E-state index in [0.29, 0.717) is 22.2 Å². The fraction of sp³-hybridized carbons (Fsp3) is 0.594. The van der Waals surface area contributed by atoms with E-state index < -0.39 is 0 Å². The van der Waals surface area contributed by atoms with Crippen molar-refractivity contribution in [2.45, 2.75) is 81.9 Å². The summed E-state index contributed by atoms with van der Waals surface area (Å²) in [5, 5.41) is 8.93. The van der Waals surface area contributed by atoms with Crippen LogP contribution in [0.1, 0.15) is 75.6 Å². The number of anilines is 2. The van der Waals surface area contributed by atoms with Gasteiger partial charge in [0.15, 0.2) is 0 Å². The number of fused-ring (bicyclic) bond motifs is 1. The maximum atomic E-state index is 12.8. The highest BCUT2D eigenvalue weighted by molar-refractivity contribution is 7.98. The second kappa shape index (κ2) is 11.5. The van der Waals surface area contributed by atoms with Gasteiger partial charge in [-0.3, -0.25) is 14.5 Å². The van der Waals surface area contributed by atoms with Crippen LogP contribution in [0.4, 0.5) is 11.6 Å². The first kappa shape index (κ1) is 29.3. The van der Waals surface area contributed by atoms with Crippen molar-refractivity contribution in [3.05, 3.63) is 53.5 Å². The zero-order chi connectivity index (χ0) is 29.7. The first-order chi connectivity index (χ1) is 20.8. The molecule has 2 aromatic heterocycles. The Labute approximate surface area is 263 Å². The smallest absolute Gasteiger partial charge is 0.264 e. The Morgan fingerprint density at radius 3 is 2.65 bits per heavy atom. The largest absolute Gasteiger partial charge is 0.370 e. The zero-order valence-electron chi connectivity index (χ0n) is 25.0. The van der Waals surface area contributed by atoms with E-state index in [1.807, 2.05) is 24.4 Å². The molecule has 3 aliphatic carbocycles. The number of pyridine rings is 2. The summed E-state index contributed by atoms with van der Waals surface area (Å²) < 4.78 is 9.02. The molecule has 2 spiro atoms. The summed E-state index contributed by atoms with van der Waals surface area (Å²) in [5.41, 5.74) is 5.19. The van der Waals surface area contributed by atoms with Gasteiger partial charge in [-0.15, -0.1) is 0 Å². The van der Waals surface area contributed by atoms with E-state index in [-0.39, 0.29) is 22.8 Å². The van der Waals surface area contributed by atoms with Crippen molar-refractivity contribution in [2.75, 3.05) is 30.0 Å². The molecule has 0 bridgehead atoms. The van der Waals surface area contributed by atoms with Crippen LogP contribution in [-0.4, -0.2) is 47.3 Å². The molecule has 5 aliphatic rings. The molecule has 7 rings (SSSR count).